The minimum Gasteiger partial charge on any atom is -0.494 e. The smallest absolute Gasteiger partial charge is 0.325 e. The number of hydrogen-bond acceptors (Lipinski definition) is 5. The van der Waals surface area contributed by atoms with Crippen molar-refractivity contribution >= 4 is 23.5 Å². The standard InChI is InChI=1S/C28H25FN2O5/c1-2-36-21-14-12-20(13-15-21)31-25(32)22-23(26(31)33)28(27(34)35,16-17-6-4-3-5-7-17)30-24(22)18-8-10-19(29)11-9-18/h3-15,22-24,30H,2,16H2,1H3,(H,34,35)/t22-,23-,24-,28+/m0/s1. The maximum atomic E-state index is 13.9. The second-order valence-corrected chi connectivity index (χ2v) is 9.05. The zero-order valence-corrected chi connectivity index (χ0v) is 19.6. The van der Waals surface area contributed by atoms with E-state index >= 15 is 0 Å². The molecular weight excluding hydrogens is 463 g/mol. The molecule has 2 heterocycles. The Morgan fingerprint density at radius 3 is 2.28 bits per heavy atom. The topological polar surface area (TPSA) is 95.9 Å². The summed E-state index contributed by atoms with van der Waals surface area (Å²) in [4.78, 5) is 41.6. The summed E-state index contributed by atoms with van der Waals surface area (Å²) in [6, 6.07) is 20.3. The lowest BCUT2D eigenvalue weighted by Gasteiger charge is -2.31. The number of nitrogens with one attached hydrogen (secondary N) is 1. The molecule has 2 aliphatic heterocycles. The number of carbonyl (C=O) groups excluding carboxylic acids is 2. The fourth-order valence-corrected chi connectivity index (χ4v) is 5.42. The van der Waals surface area contributed by atoms with Gasteiger partial charge in [-0.2, -0.15) is 0 Å². The largest absolute Gasteiger partial charge is 0.494 e. The molecule has 184 valence electrons. The van der Waals surface area contributed by atoms with Gasteiger partial charge in [-0.15, -0.1) is 0 Å². The first kappa shape index (κ1) is 23.7. The zero-order valence-electron chi connectivity index (χ0n) is 19.6. The van der Waals surface area contributed by atoms with Crippen molar-refractivity contribution in [3.8, 4) is 5.75 Å². The van der Waals surface area contributed by atoms with Crippen LogP contribution in [-0.4, -0.2) is 35.0 Å². The molecule has 2 N–H and O–H groups in total. The first-order valence-corrected chi connectivity index (χ1v) is 11.8. The lowest BCUT2D eigenvalue weighted by molar-refractivity contribution is -0.148. The Labute approximate surface area is 207 Å². The monoisotopic (exact) mass is 488 g/mol. The molecule has 4 atom stereocenters. The van der Waals surface area contributed by atoms with Crippen molar-refractivity contribution < 1.29 is 28.6 Å². The Hall–Kier alpha value is -4.04. The fourth-order valence-electron chi connectivity index (χ4n) is 5.42. The number of halogens is 1. The van der Waals surface area contributed by atoms with Gasteiger partial charge in [-0.25, -0.2) is 9.29 Å². The number of nitrogens with zero attached hydrogens (tertiary/aromatic N) is 1. The van der Waals surface area contributed by atoms with Crippen LogP contribution in [0.4, 0.5) is 10.1 Å². The van der Waals surface area contributed by atoms with Crippen LogP contribution in [0.3, 0.4) is 0 Å². The number of hydrogen-bond donors (Lipinski definition) is 2. The number of carbonyl (C=O) groups is 3. The summed E-state index contributed by atoms with van der Waals surface area (Å²) >= 11 is 0. The lowest BCUT2D eigenvalue weighted by atomic mass is 9.76. The zero-order chi connectivity index (χ0) is 25.4. The van der Waals surface area contributed by atoms with Crippen LogP contribution >= 0.6 is 0 Å². The number of fused-ring (bicyclic) bond motifs is 1. The molecule has 2 amide bonds. The summed E-state index contributed by atoms with van der Waals surface area (Å²) in [5, 5.41) is 13.7. The van der Waals surface area contributed by atoms with E-state index in [-0.39, 0.29) is 6.42 Å². The molecule has 2 aliphatic rings. The van der Waals surface area contributed by atoms with E-state index in [1.807, 2.05) is 13.0 Å². The number of carboxylic acid groups (broad SMARTS) is 1. The molecule has 5 rings (SSSR count). The summed E-state index contributed by atoms with van der Waals surface area (Å²) in [5.74, 6) is -4.29. The summed E-state index contributed by atoms with van der Waals surface area (Å²) in [6.07, 6.45) is -0.00181. The van der Waals surface area contributed by atoms with Gasteiger partial charge in [0.1, 0.15) is 17.1 Å². The maximum absolute atomic E-state index is 13.9. The van der Waals surface area contributed by atoms with Crippen LogP contribution in [-0.2, 0) is 20.8 Å². The first-order valence-electron chi connectivity index (χ1n) is 11.8. The number of ether oxygens (including phenoxy) is 1. The molecule has 3 aromatic rings. The molecular formula is C28H25FN2O5. The number of carboxylic acids is 1. The van der Waals surface area contributed by atoms with Gasteiger partial charge in [-0.05, 0) is 54.4 Å². The van der Waals surface area contributed by atoms with E-state index in [0.717, 1.165) is 4.90 Å². The van der Waals surface area contributed by atoms with E-state index in [4.69, 9.17) is 4.74 Å². The Balaban J connectivity index is 1.61. The van der Waals surface area contributed by atoms with Gasteiger partial charge in [0.2, 0.25) is 11.8 Å². The van der Waals surface area contributed by atoms with Gasteiger partial charge >= 0.3 is 5.97 Å². The highest BCUT2D eigenvalue weighted by Crippen LogP contribution is 2.51. The summed E-state index contributed by atoms with van der Waals surface area (Å²) in [6.45, 7) is 2.32. The van der Waals surface area contributed by atoms with E-state index in [1.165, 1.54) is 24.3 Å². The van der Waals surface area contributed by atoms with Crippen molar-refractivity contribution in [3.63, 3.8) is 0 Å². The van der Waals surface area contributed by atoms with Crippen LogP contribution in [0.2, 0.25) is 0 Å². The number of rotatable bonds is 7. The molecule has 2 saturated heterocycles. The third kappa shape index (κ3) is 3.83. The van der Waals surface area contributed by atoms with Crippen molar-refractivity contribution in [2.24, 2.45) is 11.8 Å². The summed E-state index contributed by atoms with van der Waals surface area (Å²) in [5.41, 5.74) is -0.139. The highest BCUT2D eigenvalue weighted by Gasteiger charge is 2.68. The molecule has 2 fully saturated rings. The maximum Gasteiger partial charge on any atom is 0.325 e. The van der Waals surface area contributed by atoms with E-state index in [2.05, 4.69) is 5.32 Å². The van der Waals surface area contributed by atoms with E-state index in [9.17, 15) is 23.9 Å². The molecule has 0 bridgehead atoms. The van der Waals surface area contributed by atoms with Gasteiger partial charge < -0.3 is 9.84 Å². The van der Waals surface area contributed by atoms with Crippen LogP contribution in [0.15, 0.2) is 78.9 Å². The van der Waals surface area contributed by atoms with Crippen LogP contribution in [0.1, 0.15) is 24.1 Å². The van der Waals surface area contributed by atoms with Gasteiger partial charge in [0.15, 0.2) is 0 Å². The fraction of sp³-hybridized carbons (Fsp3) is 0.250. The van der Waals surface area contributed by atoms with Crippen molar-refractivity contribution in [3.05, 3.63) is 95.8 Å². The van der Waals surface area contributed by atoms with Crippen molar-refractivity contribution in [2.45, 2.75) is 24.9 Å². The van der Waals surface area contributed by atoms with E-state index in [1.54, 1.807) is 48.5 Å². The summed E-state index contributed by atoms with van der Waals surface area (Å²) < 4.78 is 19.1. The highest BCUT2D eigenvalue weighted by molar-refractivity contribution is 6.24. The number of aliphatic carboxylic acids is 1. The van der Waals surface area contributed by atoms with Gasteiger partial charge in [-0.3, -0.25) is 19.7 Å². The molecule has 7 nitrogen and oxygen atoms in total. The Morgan fingerprint density at radius 1 is 1.00 bits per heavy atom. The lowest BCUT2D eigenvalue weighted by Crippen LogP contribution is -2.57. The Morgan fingerprint density at radius 2 is 1.67 bits per heavy atom. The molecule has 0 unspecified atom stereocenters. The van der Waals surface area contributed by atoms with Gasteiger partial charge in [0, 0.05) is 12.5 Å². The number of benzene rings is 3. The minimum absolute atomic E-state index is 0.00181. The molecule has 8 heteroatoms. The van der Waals surface area contributed by atoms with Crippen LogP contribution in [0, 0.1) is 17.7 Å². The van der Waals surface area contributed by atoms with Crippen LogP contribution in [0.5, 0.6) is 5.75 Å². The molecule has 0 spiro atoms. The normalized spacial score (nSPS) is 25.2. The van der Waals surface area contributed by atoms with Crippen molar-refractivity contribution in [1.82, 2.24) is 5.32 Å². The Kier molecular flexibility index (Phi) is 6.05. The number of amides is 2. The van der Waals surface area contributed by atoms with Crippen LogP contribution < -0.4 is 15.0 Å². The second kappa shape index (κ2) is 9.20. The van der Waals surface area contributed by atoms with Gasteiger partial charge in [0.25, 0.3) is 0 Å². The average molecular weight is 489 g/mol. The number of imide groups is 1. The van der Waals surface area contributed by atoms with Crippen LogP contribution in [0.25, 0.3) is 0 Å². The van der Waals surface area contributed by atoms with Crippen molar-refractivity contribution in [2.75, 3.05) is 11.5 Å². The third-order valence-corrected chi connectivity index (χ3v) is 7.00. The first-order chi connectivity index (χ1) is 17.4. The second-order valence-electron chi connectivity index (χ2n) is 9.05. The Bertz CT molecular complexity index is 1300. The summed E-state index contributed by atoms with van der Waals surface area (Å²) in [7, 11) is 0. The van der Waals surface area contributed by atoms with Gasteiger partial charge in [0.05, 0.1) is 24.1 Å². The quantitative estimate of drug-likeness (QED) is 0.492. The third-order valence-electron chi connectivity index (χ3n) is 7.00. The molecule has 0 aliphatic carbocycles. The predicted octanol–water partition coefficient (Wildman–Crippen LogP) is 3.74. The molecule has 36 heavy (non-hydrogen) atoms. The minimum atomic E-state index is -1.74. The van der Waals surface area contributed by atoms with Gasteiger partial charge in [-0.1, -0.05) is 42.5 Å². The average Bonchev–Trinajstić information content (AvgIpc) is 3.35. The number of anilines is 1. The molecule has 0 radical (unpaired) electrons. The van der Waals surface area contributed by atoms with Crippen molar-refractivity contribution in [1.29, 1.82) is 0 Å². The molecule has 0 saturated carbocycles. The SMILES string of the molecule is CCOc1ccc(N2C(=O)[C@H]3[C@@H](C2=O)[C@](Cc2ccccc2)(C(=O)O)N[C@H]3c2ccc(F)cc2)cc1. The molecule has 3 aromatic carbocycles. The van der Waals surface area contributed by atoms with E-state index < -0.39 is 47.0 Å². The predicted molar refractivity (Wildman–Crippen MR) is 130 cm³/mol. The molecule has 0 aromatic heterocycles. The highest BCUT2D eigenvalue weighted by atomic mass is 19.1. The van der Waals surface area contributed by atoms with E-state index in [0.29, 0.717) is 29.2 Å².